The van der Waals surface area contributed by atoms with Gasteiger partial charge in [-0.2, -0.15) is 5.10 Å². The minimum atomic E-state index is -3.59. The van der Waals surface area contributed by atoms with Crippen LogP contribution >= 0.6 is 11.3 Å². The van der Waals surface area contributed by atoms with Crippen LogP contribution < -0.4 is 4.72 Å². The number of rotatable bonds is 11. The summed E-state index contributed by atoms with van der Waals surface area (Å²) >= 11 is 1.58. The SMILES string of the molecule is CCN(CC)[C@@H](C)CCC(=O)c1cc(NS(C)(=O)=O)nc(-c2cnn3ccc(-c4cccs4)nc23)c1. The highest BCUT2D eigenvalue weighted by Gasteiger charge is 2.19. The number of thiophene rings is 1. The largest absolute Gasteiger partial charge is 0.301 e. The molecule has 0 aliphatic heterocycles. The Morgan fingerprint density at radius 1 is 1.17 bits per heavy atom. The number of Topliss-reactive ketones (excluding diaryl/α,β-unsaturated/α-hetero) is 1. The molecule has 4 heterocycles. The van der Waals surface area contributed by atoms with Crippen LogP contribution in [0.15, 0.2) is 48.1 Å². The Labute approximate surface area is 215 Å². The van der Waals surface area contributed by atoms with Crippen molar-refractivity contribution in [2.75, 3.05) is 24.1 Å². The molecule has 36 heavy (non-hydrogen) atoms. The molecular formula is C25H30N6O3S2. The molecule has 190 valence electrons. The molecule has 0 aromatic carbocycles. The van der Waals surface area contributed by atoms with Crippen LogP contribution in [0.4, 0.5) is 5.82 Å². The van der Waals surface area contributed by atoms with Crippen LogP contribution in [0, 0.1) is 0 Å². The molecule has 4 rings (SSSR count). The summed E-state index contributed by atoms with van der Waals surface area (Å²) in [6.45, 7) is 8.17. The van der Waals surface area contributed by atoms with Crippen LogP contribution in [0.5, 0.6) is 0 Å². The van der Waals surface area contributed by atoms with E-state index >= 15 is 0 Å². The molecule has 0 fully saturated rings. The predicted molar refractivity (Wildman–Crippen MR) is 144 cm³/mol. The van der Waals surface area contributed by atoms with Crippen molar-refractivity contribution in [2.24, 2.45) is 0 Å². The average Bonchev–Trinajstić information content (AvgIpc) is 3.52. The lowest BCUT2D eigenvalue weighted by atomic mass is 10.0. The summed E-state index contributed by atoms with van der Waals surface area (Å²) in [5.41, 5.74) is 2.79. The van der Waals surface area contributed by atoms with Gasteiger partial charge in [0.15, 0.2) is 11.4 Å². The van der Waals surface area contributed by atoms with Crippen molar-refractivity contribution < 1.29 is 13.2 Å². The van der Waals surface area contributed by atoms with E-state index in [1.54, 1.807) is 28.1 Å². The number of ketones is 1. The summed E-state index contributed by atoms with van der Waals surface area (Å²) in [5, 5.41) is 6.37. The van der Waals surface area contributed by atoms with E-state index in [9.17, 15) is 13.2 Å². The Balaban J connectivity index is 1.72. The standard InChI is InChI=1S/C25H30N6O3S2/c1-5-30(6-2)17(3)9-10-22(32)18-14-21(27-24(15-18)29-36(4,33)34)19-16-26-31-12-11-20(28-25(19)31)23-8-7-13-35-23/h7-8,11-17H,5-6,9-10H2,1-4H3,(H,27,29)/t17-/m0/s1. The first-order chi connectivity index (χ1) is 17.2. The number of nitrogens with one attached hydrogen (secondary N) is 1. The number of sulfonamides is 1. The fourth-order valence-corrected chi connectivity index (χ4v) is 5.38. The number of hydrogen-bond acceptors (Lipinski definition) is 8. The summed E-state index contributed by atoms with van der Waals surface area (Å²) in [7, 11) is -3.59. The maximum Gasteiger partial charge on any atom is 0.230 e. The lowest BCUT2D eigenvalue weighted by molar-refractivity contribution is 0.0964. The molecule has 0 aliphatic rings. The molecule has 0 bridgehead atoms. The van der Waals surface area contributed by atoms with Crippen molar-refractivity contribution in [3.63, 3.8) is 0 Å². The maximum atomic E-state index is 13.2. The number of carbonyl (C=O) groups excluding carboxylic acids is 1. The normalized spacial score (nSPS) is 12.8. The van der Waals surface area contributed by atoms with Gasteiger partial charge < -0.3 is 4.90 Å². The summed E-state index contributed by atoms with van der Waals surface area (Å²) < 4.78 is 28.0. The molecule has 4 aromatic heterocycles. The second-order valence-corrected chi connectivity index (χ2v) is 11.3. The van der Waals surface area contributed by atoms with Gasteiger partial charge in [0.05, 0.1) is 34.3 Å². The molecule has 1 N–H and O–H groups in total. The quantitative estimate of drug-likeness (QED) is 0.285. The van der Waals surface area contributed by atoms with Crippen molar-refractivity contribution in [1.29, 1.82) is 0 Å². The average molecular weight is 527 g/mol. The van der Waals surface area contributed by atoms with Gasteiger partial charge in [0.2, 0.25) is 10.0 Å². The predicted octanol–water partition coefficient (Wildman–Crippen LogP) is 4.58. The monoisotopic (exact) mass is 526 g/mol. The molecule has 0 radical (unpaired) electrons. The van der Waals surface area contributed by atoms with Crippen LogP contribution in [0.1, 0.15) is 44.0 Å². The molecule has 0 spiro atoms. The van der Waals surface area contributed by atoms with Gasteiger partial charge in [-0.3, -0.25) is 9.52 Å². The first-order valence-corrected chi connectivity index (χ1v) is 14.6. The third kappa shape index (κ3) is 5.97. The fraction of sp³-hybridized carbons (Fsp3) is 0.360. The minimum absolute atomic E-state index is 0.0714. The molecule has 0 saturated carbocycles. The fourth-order valence-electron chi connectivity index (χ4n) is 4.20. The number of fused-ring (bicyclic) bond motifs is 1. The van der Waals surface area contributed by atoms with E-state index in [4.69, 9.17) is 4.98 Å². The Kier molecular flexibility index (Phi) is 7.82. The summed E-state index contributed by atoms with van der Waals surface area (Å²) in [6, 6.07) is 9.28. The molecular weight excluding hydrogens is 496 g/mol. The van der Waals surface area contributed by atoms with E-state index in [0.29, 0.717) is 35.3 Å². The van der Waals surface area contributed by atoms with Gasteiger partial charge in [-0.05, 0) is 56.1 Å². The Hall–Kier alpha value is -3.15. The van der Waals surface area contributed by atoms with Crippen molar-refractivity contribution in [3.8, 4) is 21.8 Å². The number of anilines is 1. The first-order valence-electron chi connectivity index (χ1n) is 11.8. The number of hydrogen-bond donors (Lipinski definition) is 1. The molecule has 11 heteroatoms. The Morgan fingerprint density at radius 2 is 1.94 bits per heavy atom. The van der Waals surface area contributed by atoms with Crippen LogP contribution in [0.2, 0.25) is 0 Å². The van der Waals surface area contributed by atoms with Crippen LogP contribution in [-0.4, -0.2) is 64.1 Å². The van der Waals surface area contributed by atoms with E-state index < -0.39 is 10.0 Å². The van der Waals surface area contributed by atoms with Gasteiger partial charge >= 0.3 is 0 Å². The third-order valence-electron chi connectivity index (χ3n) is 6.08. The van der Waals surface area contributed by atoms with Crippen LogP contribution in [0.25, 0.3) is 27.5 Å². The van der Waals surface area contributed by atoms with Crippen molar-refractivity contribution >= 4 is 38.6 Å². The second-order valence-electron chi connectivity index (χ2n) is 8.65. The second kappa shape index (κ2) is 10.9. The first kappa shape index (κ1) is 25.9. The van der Waals surface area contributed by atoms with Crippen molar-refractivity contribution in [2.45, 2.75) is 39.7 Å². The zero-order valence-corrected chi connectivity index (χ0v) is 22.4. The number of pyridine rings is 1. The van der Waals surface area contributed by atoms with Crippen molar-refractivity contribution in [3.05, 3.63) is 53.7 Å². The number of aromatic nitrogens is 4. The number of nitrogens with zero attached hydrogens (tertiary/aromatic N) is 5. The Bertz CT molecular complexity index is 1460. The molecule has 4 aromatic rings. The third-order valence-corrected chi connectivity index (χ3v) is 7.55. The Morgan fingerprint density at radius 3 is 2.61 bits per heavy atom. The highest BCUT2D eigenvalue weighted by molar-refractivity contribution is 7.92. The van der Waals surface area contributed by atoms with Gasteiger partial charge in [0.1, 0.15) is 5.82 Å². The molecule has 0 unspecified atom stereocenters. The lowest BCUT2D eigenvalue weighted by Crippen LogP contribution is -2.33. The maximum absolute atomic E-state index is 13.2. The smallest absolute Gasteiger partial charge is 0.230 e. The topological polar surface area (TPSA) is 110 Å². The van der Waals surface area contributed by atoms with Crippen molar-refractivity contribution in [1.82, 2.24) is 24.5 Å². The van der Waals surface area contributed by atoms with Gasteiger partial charge in [-0.15, -0.1) is 11.3 Å². The van der Waals surface area contributed by atoms with E-state index in [0.717, 1.165) is 29.9 Å². The highest BCUT2D eigenvalue weighted by atomic mass is 32.2. The van der Waals surface area contributed by atoms with E-state index in [2.05, 4.69) is 40.5 Å². The molecule has 0 saturated heterocycles. The van der Waals surface area contributed by atoms with E-state index in [-0.39, 0.29) is 17.6 Å². The lowest BCUT2D eigenvalue weighted by Gasteiger charge is -2.26. The van der Waals surface area contributed by atoms with Crippen LogP contribution in [-0.2, 0) is 10.0 Å². The zero-order chi connectivity index (χ0) is 25.9. The van der Waals surface area contributed by atoms with Gasteiger partial charge in [-0.25, -0.2) is 22.9 Å². The number of carbonyl (C=O) groups is 1. The van der Waals surface area contributed by atoms with E-state index in [1.807, 2.05) is 29.8 Å². The summed E-state index contributed by atoms with van der Waals surface area (Å²) in [6.07, 6.45) is 5.55. The van der Waals surface area contributed by atoms with Gasteiger partial charge in [-0.1, -0.05) is 19.9 Å². The van der Waals surface area contributed by atoms with Gasteiger partial charge in [0, 0.05) is 24.2 Å². The summed E-state index contributed by atoms with van der Waals surface area (Å²) in [5.74, 6) is 0.0156. The highest BCUT2D eigenvalue weighted by Crippen LogP contribution is 2.29. The summed E-state index contributed by atoms with van der Waals surface area (Å²) in [4.78, 5) is 25.8. The minimum Gasteiger partial charge on any atom is -0.301 e. The molecule has 0 amide bonds. The van der Waals surface area contributed by atoms with Crippen LogP contribution in [0.3, 0.4) is 0 Å². The molecule has 1 atom stereocenters. The zero-order valence-electron chi connectivity index (χ0n) is 20.8. The molecule has 9 nitrogen and oxygen atoms in total. The van der Waals surface area contributed by atoms with E-state index in [1.165, 1.54) is 6.07 Å². The van der Waals surface area contributed by atoms with Gasteiger partial charge in [0.25, 0.3) is 0 Å². The molecule has 0 aliphatic carbocycles.